The molecule has 2 amide bonds. The Bertz CT molecular complexity index is 896. The highest BCUT2D eigenvalue weighted by molar-refractivity contribution is 8.00. The van der Waals surface area contributed by atoms with Gasteiger partial charge in [0.25, 0.3) is 0 Å². The molecule has 0 heterocycles. The third kappa shape index (κ3) is 5.67. The second kappa shape index (κ2) is 8.84. The summed E-state index contributed by atoms with van der Waals surface area (Å²) in [5.41, 5.74) is 3.62. The number of urea groups is 1. The van der Waals surface area contributed by atoms with Gasteiger partial charge in [0.05, 0.1) is 0 Å². The molecule has 2 N–H and O–H groups in total. The Morgan fingerprint density at radius 1 is 0.926 bits per heavy atom. The van der Waals surface area contributed by atoms with E-state index < -0.39 is 0 Å². The third-order valence-corrected chi connectivity index (χ3v) is 4.93. The van der Waals surface area contributed by atoms with Gasteiger partial charge in [0.15, 0.2) is 0 Å². The van der Waals surface area contributed by atoms with E-state index in [-0.39, 0.29) is 6.03 Å². The number of hydrogen-bond donors (Lipinski definition) is 2. The molecule has 0 radical (unpaired) electrons. The molecule has 0 fully saturated rings. The van der Waals surface area contributed by atoms with Gasteiger partial charge < -0.3 is 14.9 Å². The molecule has 3 rings (SSSR count). The smallest absolute Gasteiger partial charge is 0.315 e. The van der Waals surface area contributed by atoms with Gasteiger partial charge in [0.2, 0.25) is 0 Å². The molecular formula is C21H20ClN3OS. The van der Waals surface area contributed by atoms with Crippen LogP contribution in [-0.4, -0.2) is 13.1 Å². The molecular weight excluding hydrogens is 378 g/mol. The van der Waals surface area contributed by atoms with Crippen molar-refractivity contribution in [1.82, 2.24) is 0 Å². The van der Waals surface area contributed by atoms with E-state index in [1.54, 1.807) is 11.9 Å². The molecule has 0 saturated heterocycles. The summed E-state index contributed by atoms with van der Waals surface area (Å²) in [4.78, 5) is 13.1. The average molecular weight is 398 g/mol. The van der Waals surface area contributed by atoms with Crippen molar-refractivity contribution in [3.05, 3.63) is 83.4 Å². The zero-order chi connectivity index (χ0) is 19.2. The number of carbonyl (C=O) groups excluding carboxylic acids is 1. The Labute approximate surface area is 168 Å². The summed E-state index contributed by atoms with van der Waals surface area (Å²) >= 11 is 7.72. The molecule has 4 nitrogen and oxygen atoms in total. The van der Waals surface area contributed by atoms with Crippen molar-refractivity contribution >= 4 is 46.6 Å². The van der Waals surface area contributed by atoms with Gasteiger partial charge in [-0.3, -0.25) is 0 Å². The lowest BCUT2D eigenvalue weighted by atomic mass is 10.2. The lowest BCUT2D eigenvalue weighted by molar-refractivity contribution is 0.262. The zero-order valence-corrected chi connectivity index (χ0v) is 16.6. The van der Waals surface area contributed by atoms with Crippen LogP contribution in [0.25, 0.3) is 0 Å². The van der Waals surface area contributed by atoms with Crippen molar-refractivity contribution < 1.29 is 4.79 Å². The average Bonchev–Trinajstić information content (AvgIpc) is 2.62. The number of nitrogens with zero attached hydrogens (tertiary/aromatic N) is 1. The van der Waals surface area contributed by atoms with Gasteiger partial charge in [-0.25, -0.2) is 4.79 Å². The number of carbonyl (C=O) groups is 1. The van der Waals surface area contributed by atoms with E-state index in [9.17, 15) is 4.79 Å². The molecule has 6 heteroatoms. The summed E-state index contributed by atoms with van der Waals surface area (Å²) in [5, 5.41) is 6.35. The number of nitrogens with one attached hydrogen (secondary N) is 2. The Hall–Kier alpha value is -2.63. The van der Waals surface area contributed by atoms with E-state index in [0.717, 1.165) is 32.5 Å². The summed E-state index contributed by atoms with van der Waals surface area (Å²) in [6, 6.07) is 22.7. The molecule has 0 aliphatic rings. The molecule has 0 spiro atoms. The SMILES string of the molecule is Cc1cc(Cl)cc(SN(C)c2ccc(NC(=O)Nc3ccccc3)cc2)c1. The maximum atomic E-state index is 12.1. The number of benzene rings is 3. The first-order chi connectivity index (χ1) is 13.0. The molecule has 3 aromatic rings. The van der Waals surface area contributed by atoms with Crippen LogP contribution in [0, 0.1) is 6.92 Å². The largest absolute Gasteiger partial charge is 0.323 e. The van der Waals surface area contributed by atoms with Crippen molar-refractivity contribution in [3.8, 4) is 0 Å². The fourth-order valence-electron chi connectivity index (χ4n) is 2.54. The Balaban J connectivity index is 1.60. The van der Waals surface area contributed by atoms with Gasteiger partial charge in [-0.05, 0) is 79.0 Å². The third-order valence-electron chi connectivity index (χ3n) is 3.78. The summed E-state index contributed by atoms with van der Waals surface area (Å²) in [6.07, 6.45) is 0. The Morgan fingerprint density at radius 3 is 2.19 bits per heavy atom. The van der Waals surface area contributed by atoms with Crippen molar-refractivity contribution in [2.24, 2.45) is 0 Å². The van der Waals surface area contributed by atoms with Crippen molar-refractivity contribution in [3.63, 3.8) is 0 Å². The molecule has 0 bridgehead atoms. The fraction of sp³-hybridized carbons (Fsp3) is 0.0952. The van der Waals surface area contributed by atoms with Gasteiger partial charge >= 0.3 is 6.03 Å². The molecule has 0 aliphatic carbocycles. The van der Waals surface area contributed by atoms with Crippen molar-refractivity contribution in [1.29, 1.82) is 0 Å². The molecule has 3 aromatic carbocycles. The quantitative estimate of drug-likeness (QED) is 0.487. The first-order valence-corrected chi connectivity index (χ1v) is 9.57. The minimum Gasteiger partial charge on any atom is -0.315 e. The summed E-state index contributed by atoms with van der Waals surface area (Å²) in [5.74, 6) is 0. The standard InChI is InChI=1S/C21H20ClN3OS/c1-15-12-16(22)14-20(13-15)27-25(2)19-10-8-18(9-11-19)24-21(26)23-17-6-4-3-5-7-17/h3-14H,1-2H3,(H2,23,24,26). The summed E-state index contributed by atoms with van der Waals surface area (Å²) in [6.45, 7) is 2.02. The van der Waals surface area contributed by atoms with E-state index >= 15 is 0 Å². The molecule has 0 aliphatic heterocycles. The van der Waals surface area contributed by atoms with Gasteiger partial charge in [-0.1, -0.05) is 29.8 Å². The molecule has 0 unspecified atom stereocenters. The lowest BCUT2D eigenvalue weighted by Crippen LogP contribution is -2.19. The van der Waals surface area contributed by atoms with Crippen molar-refractivity contribution in [2.75, 3.05) is 22.0 Å². The molecule has 138 valence electrons. The predicted molar refractivity (Wildman–Crippen MR) is 116 cm³/mol. The first-order valence-electron chi connectivity index (χ1n) is 8.41. The topological polar surface area (TPSA) is 44.4 Å². The van der Waals surface area contributed by atoms with Crippen LogP contribution in [0.1, 0.15) is 5.56 Å². The maximum Gasteiger partial charge on any atom is 0.323 e. The molecule has 0 saturated carbocycles. The van der Waals surface area contributed by atoms with E-state index in [1.165, 1.54) is 0 Å². The minimum absolute atomic E-state index is 0.272. The highest BCUT2D eigenvalue weighted by Crippen LogP contribution is 2.30. The second-order valence-electron chi connectivity index (χ2n) is 6.05. The molecule has 27 heavy (non-hydrogen) atoms. The van der Waals surface area contributed by atoms with Crippen LogP contribution in [0.3, 0.4) is 0 Å². The summed E-state index contributed by atoms with van der Waals surface area (Å²) in [7, 11) is 1.99. The molecule has 0 atom stereocenters. The van der Waals surface area contributed by atoms with Gasteiger partial charge in [0.1, 0.15) is 0 Å². The predicted octanol–water partition coefficient (Wildman–Crippen LogP) is 6.44. The van der Waals surface area contributed by atoms with Crippen LogP contribution in [0.4, 0.5) is 21.9 Å². The van der Waals surface area contributed by atoms with Crippen molar-refractivity contribution in [2.45, 2.75) is 11.8 Å². The summed E-state index contributed by atoms with van der Waals surface area (Å²) < 4.78 is 2.05. The van der Waals surface area contributed by atoms with Gasteiger partial charge in [-0.2, -0.15) is 0 Å². The van der Waals surface area contributed by atoms with Crippen LogP contribution >= 0.6 is 23.5 Å². The van der Waals surface area contributed by atoms with Crippen LogP contribution in [0.15, 0.2) is 77.7 Å². The number of halogens is 1. The second-order valence-corrected chi connectivity index (χ2v) is 7.68. The van der Waals surface area contributed by atoms with E-state index in [4.69, 9.17) is 11.6 Å². The number of para-hydroxylation sites is 1. The van der Waals surface area contributed by atoms with E-state index in [0.29, 0.717) is 0 Å². The monoisotopic (exact) mass is 397 g/mol. The Kier molecular flexibility index (Phi) is 6.27. The van der Waals surface area contributed by atoms with Gasteiger partial charge in [0, 0.05) is 34.0 Å². The fourth-order valence-corrected chi connectivity index (χ4v) is 3.85. The van der Waals surface area contributed by atoms with Gasteiger partial charge in [-0.15, -0.1) is 0 Å². The van der Waals surface area contributed by atoms with Crippen LogP contribution in [-0.2, 0) is 0 Å². The zero-order valence-electron chi connectivity index (χ0n) is 15.1. The first kappa shape index (κ1) is 19.1. The number of rotatable bonds is 5. The van der Waals surface area contributed by atoms with E-state index in [1.807, 2.05) is 80.7 Å². The molecule has 0 aromatic heterocycles. The lowest BCUT2D eigenvalue weighted by Gasteiger charge is -2.18. The number of amides is 2. The highest BCUT2D eigenvalue weighted by Gasteiger charge is 2.07. The van der Waals surface area contributed by atoms with Crippen LogP contribution in [0.5, 0.6) is 0 Å². The van der Waals surface area contributed by atoms with Crippen LogP contribution < -0.4 is 14.9 Å². The Morgan fingerprint density at radius 2 is 1.56 bits per heavy atom. The normalized spacial score (nSPS) is 10.3. The van der Waals surface area contributed by atoms with E-state index in [2.05, 4.69) is 21.0 Å². The number of aryl methyl sites for hydroxylation is 1. The highest BCUT2D eigenvalue weighted by atomic mass is 35.5. The number of hydrogen-bond acceptors (Lipinski definition) is 3. The minimum atomic E-state index is -0.272. The maximum absolute atomic E-state index is 12.1. The van der Waals surface area contributed by atoms with Crippen LogP contribution in [0.2, 0.25) is 5.02 Å². The number of anilines is 3.